The minimum atomic E-state index is 0.125. The van der Waals surface area contributed by atoms with Crippen molar-refractivity contribution >= 4 is 10.9 Å². The lowest BCUT2D eigenvalue weighted by Gasteiger charge is -2.18. The number of hydrogen-bond acceptors (Lipinski definition) is 4. The summed E-state index contributed by atoms with van der Waals surface area (Å²) in [5.74, 6) is 0. The summed E-state index contributed by atoms with van der Waals surface area (Å²) in [4.78, 5) is 4.36. The highest BCUT2D eigenvalue weighted by atomic mass is 15.1. The fourth-order valence-corrected chi connectivity index (χ4v) is 2.38. The van der Waals surface area contributed by atoms with Gasteiger partial charge < -0.3 is 5.32 Å². The highest BCUT2D eigenvalue weighted by Crippen LogP contribution is 2.24. The molecule has 4 nitrogen and oxygen atoms in total. The fourth-order valence-electron chi connectivity index (χ4n) is 2.38. The number of fused-ring (bicyclic) bond motifs is 1. The SMILES string of the molecule is CCNC(c1ccnnc1)c1ccc2ncccc2c1. The van der Waals surface area contributed by atoms with E-state index in [0.717, 1.165) is 23.0 Å². The van der Waals surface area contributed by atoms with Crippen LogP contribution in [-0.2, 0) is 0 Å². The van der Waals surface area contributed by atoms with Gasteiger partial charge in [-0.05, 0) is 41.9 Å². The van der Waals surface area contributed by atoms with Gasteiger partial charge in [-0.15, -0.1) is 0 Å². The zero-order chi connectivity index (χ0) is 13.8. The van der Waals surface area contributed by atoms with Gasteiger partial charge in [0.1, 0.15) is 0 Å². The minimum absolute atomic E-state index is 0.125. The van der Waals surface area contributed by atoms with E-state index in [1.165, 1.54) is 5.56 Å². The second-order valence-corrected chi connectivity index (χ2v) is 4.62. The fraction of sp³-hybridized carbons (Fsp3) is 0.188. The molecule has 0 aliphatic heterocycles. The Hall–Kier alpha value is -2.33. The van der Waals surface area contributed by atoms with Gasteiger partial charge in [0.2, 0.25) is 0 Å². The van der Waals surface area contributed by atoms with E-state index in [9.17, 15) is 0 Å². The molecule has 0 fully saturated rings. The van der Waals surface area contributed by atoms with Crippen molar-refractivity contribution in [2.45, 2.75) is 13.0 Å². The molecular weight excluding hydrogens is 248 g/mol. The summed E-state index contributed by atoms with van der Waals surface area (Å²) in [5, 5.41) is 12.5. The average molecular weight is 264 g/mol. The molecule has 1 atom stereocenters. The number of nitrogens with zero attached hydrogens (tertiary/aromatic N) is 3. The topological polar surface area (TPSA) is 50.7 Å². The molecule has 0 spiro atoms. The van der Waals surface area contributed by atoms with Crippen molar-refractivity contribution in [2.24, 2.45) is 0 Å². The lowest BCUT2D eigenvalue weighted by atomic mass is 9.99. The van der Waals surface area contributed by atoms with Gasteiger partial charge in [0.05, 0.1) is 17.8 Å². The molecule has 1 unspecified atom stereocenters. The number of hydrogen-bond donors (Lipinski definition) is 1. The van der Waals surface area contributed by atoms with Gasteiger partial charge in [-0.2, -0.15) is 10.2 Å². The van der Waals surface area contributed by atoms with Crippen LogP contribution < -0.4 is 5.32 Å². The van der Waals surface area contributed by atoms with Crippen molar-refractivity contribution < 1.29 is 0 Å². The first-order valence-electron chi connectivity index (χ1n) is 6.73. The molecular formula is C16H16N4. The number of pyridine rings is 1. The standard InChI is InChI=1S/C16H16N4/c1-2-17-16(14-7-9-19-20-11-14)13-5-6-15-12(10-13)4-3-8-18-15/h3-11,16-17H,2H2,1H3. The van der Waals surface area contributed by atoms with Gasteiger partial charge >= 0.3 is 0 Å². The molecule has 0 aliphatic carbocycles. The summed E-state index contributed by atoms with van der Waals surface area (Å²) in [7, 11) is 0. The molecule has 3 rings (SSSR count). The van der Waals surface area contributed by atoms with Crippen LogP contribution in [-0.4, -0.2) is 21.7 Å². The lowest BCUT2D eigenvalue weighted by molar-refractivity contribution is 0.627. The molecule has 0 aliphatic rings. The Balaban J connectivity index is 2.05. The second kappa shape index (κ2) is 5.75. The van der Waals surface area contributed by atoms with Crippen LogP contribution in [0.4, 0.5) is 0 Å². The molecule has 20 heavy (non-hydrogen) atoms. The van der Waals surface area contributed by atoms with Gasteiger partial charge in [0.15, 0.2) is 0 Å². The second-order valence-electron chi connectivity index (χ2n) is 4.62. The largest absolute Gasteiger partial charge is 0.306 e. The molecule has 0 radical (unpaired) electrons. The van der Waals surface area contributed by atoms with Crippen LogP contribution in [0, 0.1) is 0 Å². The predicted octanol–water partition coefficient (Wildman–Crippen LogP) is 2.72. The van der Waals surface area contributed by atoms with Crippen LogP contribution in [0.1, 0.15) is 24.1 Å². The highest BCUT2D eigenvalue weighted by molar-refractivity contribution is 5.79. The maximum absolute atomic E-state index is 4.36. The zero-order valence-electron chi connectivity index (χ0n) is 11.3. The smallest absolute Gasteiger partial charge is 0.0702 e. The van der Waals surface area contributed by atoms with Crippen LogP contribution in [0.5, 0.6) is 0 Å². The quantitative estimate of drug-likeness (QED) is 0.787. The zero-order valence-corrected chi connectivity index (χ0v) is 11.3. The molecule has 3 aromatic rings. The van der Waals surface area contributed by atoms with Gasteiger partial charge in [-0.3, -0.25) is 4.98 Å². The van der Waals surface area contributed by atoms with E-state index in [2.05, 4.69) is 51.7 Å². The summed E-state index contributed by atoms with van der Waals surface area (Å²) in [6, 6.07) is 12.5. The molecule has 0 saturated carbocycles. The summed E-state index contributed by atoms with van der Waals surface area (Å²) in [6.45, 7) is 2.99. The van der Waals surface area contributed by atoms with E-state index in [0.29, 0.717) is 0 Å². The first-order valence-corrected chi connectivity index (χ1v) is 6.73. The Bertz CT molecular complexity index is 697. The molecule has 1 N–H and O–H groups in total. The Kier molecular flexibility index (Phi) is 3.65. The third kappa shape index (κ3) is 2.51. The molecule has 0 bridgehead atoms. The third-order valence-electron chi connectivity index (χ3n) is 3.31. The number of rotatable bonds is 4. The van der Waals surface area contributed by atoms with Gasteiger partial charge in [-0.1, -0.05) is 19.1 Å². The molecule has 4 heteroatoms. The van der Waals surface area contributed by atoms with Crippen molar-refractivity contribution in [1.82, 2.24) is 20.5 Å². The van der Waals surface area contributed by atoms with Crippen molar-refractivity contribution in [3.05, 3.63) is 66.1 Å². The van der Waals surface area contributed by atoms with E-state index in [1.807, 2.05) is 18.3 Å². The van der Waals surface area contributed by atoms with E-state index in [1.54, 1.807) is 12.4 Å². The van der Waals surface area contributed by atoms with Crippen molar-refractivity contribution in [3.63, 3.8) is 0 Å². The Morgan fingerprint density at radius 3 is 2.80 bits per heavy atom. The lowest BCUT2D eigenvalue weighted by Crippen LogP contribution is -2.22. The van der Waals surface area contributed by atoms with Gasteiger partial charge in [-0.25, -0.2) is 0 Å². The van der Waals surface area contributed by atoms with Crippen molar-refractivity contribution in [1.29, 1.82) is 0 Å². The van der Waals surface area contributed by atoms with E-state index >= 15 is 0 Å². The maximum Gasteiger partial charge on any atom is 0.0702 e. The third-order valence-corrected chi connectivity index (χ3v) is 3.31. The van der Waals surface area contributed by atoms with Crippen LogP contribution in [0.15, 0.2) is 55.0 Å². The van der Waals surface area contributed by atoms with Crippen molar-refractivity contribution in [3.8, 4) is 0 Å². The summed E-state index contributed by atoms with van der Waals surface area (Å²) < 4.78 is 0. The molecule has 1 aromatic carbocycles. The monoisotopic (exact) mass is 264 g/mol. The summed E-state index contributed by atoms with van der Waals surface area (Å²) in [6.07, 6.45) is 5.35. The van der Waals surface area contributed by atoms with Crippen LogP contribution in [0.25, 0.3) is 10.9 Å². The molecule has 2 aromatic heterocycles. The summed E-state index contributed by atoms with van der Waals surface area (Å²) >= 11 is 0. The molecule has 0 amide bonds. The first kappa shape index (κ1) is 12.7. The first-order chi connectivity index (χ1) is 9.88. The van der Waals surface area contributed by atoms with Crippen LogP contribution >= 0.6 is 0 Å². The van der Waals surface area contributed by atoms with Gasteiger partial charge in [0.25, 0.3) is 0 Å². The van der Waals surface area contributed by atoms with Gasteiger partial charge in [0, 0.05) is 17.8 Å². The molecule has 0 saturated heterocycles. The van der Waals surface area contributed by atoms with E-state index < -0.39 is 0 Å². The highest BCUT2D eigenvalue weighted by Gasteiger charge is 2.13. The molecule has 2 heterocycles. The van der Waals surface area contributed by atoms with E-state index in [-0.39, 0.29) is 6.04 Å². The number of benzene rings is 1. The number of nitrogens with one attached hydrogen (secondary N) is 1. The minimum Gasteiger partial charge on any atom is -0.306 e. The Morgan fingerprint density at radius 2 is 2.00 bits per heavy atom. The number of aromatic nitrogens is 3. The maximum atomic E-state index is 4.36. The van der Waals surface area contributed by atoms with Crippen molar-refractivity contribution in [2.75, 3.05) is 6.54 Å². The average Bonchev–Trinajstić information content (AvgIpc) is 2.53. The van der Waals surface area contributed by atoms with Crippen LogP contribution in [0.3, 0.4) is 0 Å². The predicted molar refractivity (Wildman–Crippen MR) is 79.3 cm³/mol. The normalized spacial score (nSPS) is 12.4. The van der Waals surface area contributed by atoms with E-state index in [4.69, 9.17) is 0 Å². The van der Waals surface area contributed by atoms with Crippen LogP contribution in [0.2, 0.25) is 0 Å². The Labute approximate surface area is 117 Å². The molecule has 100 valence electrons. The summed E-state index contributed by atoms with van der Waals surface area (Å²) in [5.41, 5.74) is 3.34. The Morgan fingerprint density at radius 1 is 1.05 bits per heavy atom.